The average molecular weight is 1020 g/mol. The van der Waals surface area contributed by atoms with Crippen molar-refractivity contribution in [2.24, 2.45) is 0 Å². The first-order valence-corrected chi connectivity index (χ1v) is 29.8. The van der Waals surface area contributed by atoms with Crippen molar-refractivity contribution < 1.29 is 28.6 Å². The number of ether oxygens (including phenoxy) is 3. The van der Waals surface area contributed by atoms with Crippen LogP contribution in [0.2, 0.25) is 0 Å². The maximum Gasteiger partial charge on any atom is 0.306 e. The van der Waals surface area contributed by atoms with Crippen LogP contribution in [0.1, 0.15) is 245 Å². The second kappa shape index (κ2) is 60.8. The molecule has 6 nitrogen and oxygen atoms in total. The Bertz CT molecular complexity index is 1640. The number of esters is 3. The van der Waals surface area contributed by atoms with Crippen molar-refractivity contribution in [1.82, 2.24) is 0 Å². The molecule has 416 valence electrons. The van der Waals surface area contributed by atoms with Gasteiger partial charge in [0.05, 0.1) is 0 Å². The molecule has 0 aromatic rings. The van der Waals surface area contributed by atoms with E-state index in [2.05, 4.69) is 167 Å². The molecule has 0 aromatic carbocycles. The van der Waals surface area contributed by atoms with Gasteiger partial charge in [0.2, 0.25) is 0 Å². The predicted molar refractivity (Wildman–Crippen MR) is 320 cm³/mol. The summed E-state index contributed by atoms with van der Waals surface area (Å²) < 4.78 is 16.8. The van der Waals surface area contributed by atoms with Crippen molar-refractivity contribution in [3.05, 3.63) is 146 Å². The van der Waals surface area contributed by atoms with Crippen LogP contribution in [0.3, 0.4) is 0 Å². The number of carbonyl (C=O) groups excluding carboxylic acids is 3. The maximum atomic E-state index is 12.8. The number of hydrogen-bond acceptors (Lipinski definition) is 6. The topological polar surface area (TPSA) is 78.9 Å². The molecule has 0 spiro atoms. The third-order valence-electron chi connectivity index (χ3n) is 12.1. The molecular weight excluding hydrogens is 913 g/mol. The van der Waals surface area contributed by atoms with Gasteiger partial charge in [0.1, 0.15) is 13.2 Å². The molecule has 6 heteroatoms. The minimum absolute atomic E-state index is 0.115. The molecule has 0 N–H and O–H groups in total. The van der Waals surface area contributed by atoms with Gasteiger partial charge in [-0.25, -0.2) is 0 Å². The third kappa shape index (κ3) is 58.2. The second-order valence-electron chi connectivity index (χ2n) is 19.1. The first-order valence-electron chi connectivity index (χ1n) is 29.8. The minimum atomic E-state index is -0.827. The summed E-state index contributed by atoms with van der Waals surface area (Å²) in [5, 5.41) is 0. The maximum absolute atomic E-state index is 12.8. The number of allylic oxidation sites excluding steroid dienone is 24. The Kier molecular flexibility index (Phi) is 57.0. The van der Waals surface area contributed by atoms with Gasteiger partial charge in [0, 0.05) is 19.3 Å². The van der Waals surface area contributed by atoms with Crippen molar-refractivity contribution in [1.29, 1.82) is 0 Å². The quantitative estimate of drug-likeness (QED) is 0.0261. The molecule has 0 aliphatic heterocycles. The van der Waals surface area contributed by atoms with Crippen molar-refractivity contribution in [3.63, 3.8) is 0 Å². The fourth-order valence-electron chi connectivity index (χ4n) is 7.69. The van der Waals surface area contributed by atoms with Crippen LogP contribution in [0.15, 0.2) is 146 Å². The highest BCUT2D eigenvalue weighted by atomic mass is 16.6. The number of unbranched alkanes of at least 4 members (excludes halogenated alkanes) is 17. The molecule has 0 aliphatic rings. The van der Waals surface area contributed by atoms with Crippen molar-refractivity contribution >= 4 is 17.9 Å². The van der Waals surface area contributed by atoms with Gasteiger partial charge in [0.15, 0.2) is 6.10 Å². The van der Waals surface area contributed by atoms with E-state index in [1.165, 1.54) is 70.6 Å². The van der Waals surface area contributed by atoms with E-state index in [0.29, 0.717) is 19.3 Å². The molecule has 0 rings (SSSR count). The fourth-order valence-corrected chi connectivity index (χ4v) is 7.69. The summed E-state index contributed by atoms with van der Waals surface area (Å²) in [7, 11) is 0. The Morgan fingerprint density at radius 3 is 0.865 bits per heavy atom. The van der Waals surface area contributed by atoms with E-state index < -0.39 is 6.10 Å². The molecule has 74 heavy (non-hydrogen) atoms. The first kappa shape index (κ1) is 69.3. The van der Waals surface area contributed by atoms with E-state index in [9.17, 15) is 14.4 Å². The van der Waals surface area contributed by atoms with Crippen molar-refractivity contribution in [3.8, 4) is 0 Å². The van der Waals surface area contributed by atoms with Gasteiger partial charge >= 0.3 is 17.9 Å². The molecule has 0 saturated carbocycles. The van der Waals surface area contributed by atoms with Crippen LogP contribution in [-0.4, -0.2) is 37.2 Å². The Labute approximate surface area is 455 Å². The van der Waals surface area contributed by atoms with Gasteiger partial charge in [-0.15, -0.1) is 0 Å². The second-order valence-corrected chi connectivity index (χ2v) is 19.1. The summed E-state index contributed by atoms with van der Waals surface area (Å²) in [6.07, 6.45) is 87.0. The smallest absolute Gasteiger partial charge is 0.306 e. The van der Waals surface area contributed by atoms with E-state index in [0.717, 1.165) is 128 Å². The van der Waals surface area contributed by atoms with E-state index in [4.69, 9.17) is 14.2 Å². The SMILES string of the molecule is CC/C=C\C/C=C\C/C=C\C/C=C\C/C=C\C/C=C\C/C=C\CCCCCC(=O)OCC(COC(=O)CCCCCCCCCCCCCCCC)OC(=O)CCC/C=C\C/C=C\C/C=C\C/C=C\C/C=C\CC. The van der Waals surface area contributed by atoms with E-state index >= 15 is 0 Å². The molecule has 0 fully saturated rings. The van der Waals surface area contributed by atoms with Crippen LogP contribution in [0.5, 0.6) is 0 Å². The first-order chi connectivity index (χ1) is 36.5. The van der Waals surface area contributed by atoms with Crippen molar-refractivity contribution in [2.75, 3.05) is 13.2 Å². The molecule has 0 bridgehead atoms. The Morgan fingerprint density at radius 2 is 0.541 bits per heavy atom. The zero-order valence-corrected chi connectivity index (χ0v) is 47.5. The summed E-state index contributed by atoms with van der Waals surface area (Å²) in [4.78, 5) is 38.2. The standard InChI is InChI=1S/C68H108O6/c1-4-7-10-13-16-19-22-25-28-30-31-32-33-34-35-36-37-39-40-43-46-49-52-55-58-61-67(70)73-64-65(63-72-66(69)60-57-54-51-48-45-42-27-24-21-18-15-12-9-6-3)74-68(71)62-59-56-53-50-47-44-41-38-29-26-23-20-17-14-11-8-5-2/h7-8,10-11,16-17,19-20,25-26,28-29,31-32,34-35,37,39,41,43-44,46,50,53,65H,4-6,9,12-15,18,21-24,27,30,33,36,38,40,42,45,47-49,51-52,54-64H2,1-3H3/b10-7-,11-8-,19-16-,20-17-,28-25-,29-26-,32-31-,35-34-,39-37-,44-41-,46-43-,53-50-. The van der Waals surface area contributed by atoms with Gasteiger partial charge in [-0.2, -0.15) is 0 Å². The van der Waals surface area contributed by atoms with Gasteiger partial charge in [-0.1, -0.05) is 256 Å². The molecule has 0 radical (unpaired) electrons. The molecule has 0 saturated heterocycles. The Morgan fingerprint density at radius 1 is 0.284 bits per heavy atom. The number of carbonyl (C=O) groups is 3. The normalized spacial score (nSPS) is 13.2. The van der Waals surface area contributed by atoms with Gasteiger partial charge in [-0.3, -0.25) is 14.4 Å². The largest absolute Gasteiger partial charge is 0.462 e. The summed E-state index contributed by atoms with van der Waals surface area (Å²) in [5.74, 6) is -1.01. The fraction of sp³-hybridized carbons (Fsp3) is 0.603. The highest BCUT2D eigenvalue weighted by Crippen LogP contribution is 2.14. The Balaban J connectivity index is 4.52. The van der Waals surface area contributed by atoms with E-state index in [1.54, 1.807) is 0 Å². The van der Waals surface area contributed by atoms with Gasteiger partial charge in [0.25, 0.3) is 0 Å². The lowest BCUT2D eigenvalue weighted by molar-refractivity contribution is -0.167. The molecule has 1 unspecified atom stereocenters. The molecular formula is C68H108O6. The molecule has 0 amide bonds. The van der Waals surface area contributed by atoms with Crippen molar-refractivity contribution in [2.45, 2.75) is 252 Å². The third-order valence-corrected chi connectivity index (χ3v) is 12.1. The van der Waals surface area contributed by atoms with Crippen LogP contribution in [0.25, 0.3) is 0 Å². The summed E-state index contributed by atoms with van der Waals surface area (Å²) >= 11 is 0. The lowest BCUT2D eigenvalue weighted by atomic mass is 10.0. The van der Waals surface area contributed by atoms with Crippen LogP contribution in [0, 0.1) is 0 Å². The summed E-state index contributed by atoms with van der Waals surface area (Å²) in [6, 6.07) is 0. The van der Waals surface area contributed by atoms with Crippen LogP contribution in [0.4, 0.5) is 0 Å². The van der Waals surface area contributed by atoms with Crippen LogP contribution in [-0.2, 0) is 28.6 Å². The lowest BCUT2D eigenvalue weighted by Gasteiger charge is -2.18. The monoisotopic (exact) mass is 1020 g/mol. The highest BCUT2D eigenvalue weighted by molar-refractivity contribution is 5.71. The van der Waals surface area contributed by atoms with Gasteiger partial charge < -0.3 is 14.2 Å². The van der Waals surface area contributed by atoms with E-state index in [-0.39, 0.29) is 37.5 Å². The molecule has 0 aliphatic carbocycles. The number of rotatable bonds is 52. The zero-order valence-electron chi connectivity index (χ0n) is 47.5. The van der Waals surface area contributed by atoms with Gasteiger partial charge in [-0.05, 0) is 116 Å². The Hall–Kier alpha value is -4.71. The summed E-state index contributed by atoms with van der Waals surface area (Å²) in [6.45, 7) is 6.33. The summed E-state index contributed by atoms with van der Waals surface area (Å²) in [5.41, 5.74) is 0. The highest BCUT2D eigenvalue weighted by Gasteiger charge is 2.19. The van der Waals surface area contributed by atoms with E-state index in [1.807, 2.05) is 0 Å². The predicted octanol–water partition coefficient (Wildman–Crippen LogP) is 20.4. The van der Waals surface area contributed by atoms with Crippen LogP contribution < -0.4 is 0 Å². The molecule has 0 aromatic heterocycles. The number of hydrogen-bond donors (Lipinski definition) is 0. The molecule has 0 heterocycles. The lowest BCUT2D eigenvalue weighted by Crippen LogP contribution is -2.30. The molecule has 1 atom stereocenters. The zero-order chi connectivity index (χ0) is 53.6. The minimum Gasteiger partial charge on any atom is -0.462 e. The van der Waals surface area contributed by atoms with Crippen LogP contribution >= 0.6 is 0 Å². The average Bonchev–Trinajstić information content (AvgIpc) is 3.40.